The van der Waals surface area contributed by atoms with Crippen molar-refractivity contribution in [3.63, 3.8) is 0 Å². The van der Waals surface area contributed by atoms with Crippen LogP contribution in [0.4, 0.5) is 5.69 Å². The van der Waals surface area contributed by atoms with E-state index in [1.54, 1.807) is 37.8 Å². The number of carbonyl (C=O) groups excluding carboxylic acids is 1. The van der Waals surface area contributed by atoms with Gasteiger partial charge >= 0.3 is 0 Å². The second kappa shape index (κ2) is 6.35. The summed E-state index contributed by atoms with van der Waals surface area (Å²) in [5, 5.41) is 3.08. The summed E-state index contributed by atoms with van der Waals surface area (Å²) in [7, 11) is 1.61. The number of carbonyl (C=O) groups is 1. The molecule has 4 nitrogen and oxygen atoms in total. The Morgan fingerprint density at radius 2 is 2.05 bits per heavy atom. The Hall–Kier alpha value is -2.62. The van der Waals surface area contributed by atoms with Crippen molar-refractivity contribution in [1.29, 1.82) is 0 Å². The van der Waals surface area contributed by atoms with Crippen molar-refractivity contribution < 1.29 is 9.53 Å². The molecule has 0 bridgehead atoms. The lowest BCUT2D eigenvalue weighted by Crippen LogP contribution is -1.94. The summed E-state index contributed by atoms with van der Waals surface area (Å²) < 4.78 is 5.13. The average molecular weight is 254 g/mol. The van der Waals surface area contributed by atoms with E-state index in [2.05, 4.69) is 10.3 Å². The zero-order chi connectivity index (χ0) is 13.5. The fourth-order valence-electron chi connectivity index (χ4n) is 1.60. The molecule has 1 aromatic heterocycles. The van der Waals surface area contributed by atoms with Crippen LogP contribution in [0.1, 0.15) is 5.56 Å². The van der Waals surface area contributed by atoms with Crippen LogP contribution in [0.3, 0.4) is 0 Å². The normalized spacial score (nSPS) is 10.9. The molecule has 2 aromatic rings. The van der Waals surface area contributed by atoms with E-state index in [0.29, 0.717) is 5.57 Å². The standard InChI is InChI=1S/C15H14N2O2/c1-19-15-4-2-3-14(9-15)17-10-13(11-18)12-5-7-16-8-6-12/h2-11,17H,1H3/b13-10-. The van der Waals surface area contributed by atoms with Crippen LogP contribution < -0.4 is 10.1 Å². The molecule has 1 N–H and O–H groups in total. The van der Waals surface area contributed by atoms with E-state index in [9.17, 15) is 4.79 Å². The van der Waals surface area contributed by atoms with E-state index in [1.165, 1.54) is 0 Å². The van der Waals surface area contributed by atoms with Crippen molar-refractivity contribution in [2.75, 3.05) is 12.4 Å². The molecule has 2 rings (SSSR count). The molecule has 0 fully saturated rings. The fraction of sp³-hybridized carbons (Fsp3) is 0.0667. The van der Waals surface area contributed by atoms with E-state index in [0.717, 1.165) is 23.3 Å². The molecule has 0 aliphatic rings. The summed E-state index contributed by atoms with van der Waals surface area (Å²) in [6.45, 7) is 0. The van der Waals surface area contributed by atoms with E-state index in [4.69, 9.17) is 4.74 Å². The van der Waals surface area contributed by atoms with Gasteiger partial charge in [-0.2, -0.15) is 0 Å². The number of nitrogens with zero attached hydrogens (tertiary/aromatic N) is 1. The first-order valence-electron chi connectivity index (χ1n) is 5.80. The van der Waals surface area contributed by atoms with Crippen LogP contribution in [-0.4, -0.2) is 18.4 Å². The van der Waals surface area contributed by atoms with Crippen molar-refractivity contribution in [2.45, 2.75) is 0 Å². The lowest BCUT2D eigenvalue weighted by atomic mass is 10.1. The molecule has 0 amide bonds. The van der Waals surface area contributed by atoms with Gasteiger partial charge in [0.25, 0.3) is 0 Å². The molecule has 96 valence electrons. The highest BCUT2D eigenvalue weighted by Crippen LogP contribution is 2.18. The zero-order valence-corrected chi connectivity index (χ0v) is 10.5. The minimum absolute atomic E-state index is 0.560. The molecule has 0 saturated heterocycles. The van der Waals surface area contributed by atoms with Crippen LogP contribution in [0.15, 0.2) is 55.0 Å². The van der Waals surface area contributed by atoms with Crippen LogP contribution in [0.5, 0.6) is 5.75 Å². The van der Waals surface area contributed by atoms with Gasteiger partial charge in [-0.05, 0) is 29.8 Å². The number of pyridine rings is 1. The summed E-state index contributed by atoms with van der Waals surface area (Å²) in [5.74, 6) is 0.759. The molecule has 4 heteroatoms. The van der Waals surface area contributed by atoms with E-state index in [1.807, 2.05) is 24.3 Å². The molecule has 19 heavy (non-hydrogen) atoms. The van der Waals surface area contributed by atoms with E-state index >= 15 is 0 Å². The lowest BCUT2D eigenvalue weighted by Gasteiger charge is -2.05. The molecule has 0 aliphatic carbocycles. The smallest absolute Gasteiger partial charge is 0.152 e. The van der Waals surface area contributed by atoms with E-state index in [-0.39, 0.29) is 0 Å². The minimum Gasteiger partial charge on any atom is -0.497 e. The second-order valence-electron chi connectivity index (χ2n) is 3.83. The molecule has 0 unspecified atom stereocenters. The number of hydrogen-bond acceptors (Lipinski definition) is 4. The van der Waals surface area contributed by atoms with Crippen LogP contribution in [-0.2, 0) is 4.79 Å². The number of methoxy groups -OCH3 is 1. The fourth-order valence-corrected chi connectivity index (χ4v) is 1.60. The van der Waals surface area contributed by atoms with Gasteiger partial charge in [-0.3, -0.25) is 9.78 Å². The number of rotatable bonds is 5. The predicted molar refractivity (Wildman–Crippen MR) is 74.9 cm³/mol. The Balaban J connectivity index is 2.18. The van der Waals surface area contributed by atoms with Crippen molar-refractivity contribution in [3.05, 3.63) is 60.6 Å². The lowest BCUT2D eigenvalue weighted by molar-refractivity contribution is -0.103. The number of benzene rings is 1. The topological polar surface area (TPSA) is 51.2 Å². The van der Waals surface area contributed by atoms with Crippen LogP contribution in [0, 0.1) is 0 Å². The maximum absolute atomic E-state index is 11.1. The third-order valence-corrected chi connectivity index (χ3v) is 2.60. The first-order chi connectivity index (χ1) is 9.33. The Morgan fingerprint density at radius 3 is 2.74 bits per heavy atom. The van der Waals surface area contributed by atoms with Gasteiger partial charge in [0.15, 0.2) is 6.29 Å². The highest BCUT2D eigenvalue weighted by atomic mass is 16.5. The van der Waals surface area contributed by atoms with Crippen molar-refractivity contribution >= 4 is 17.5 Å². The SMILES string of the molecule is COc1cccc(N/C=C(/C=O)c2ccncc2)c1. The number of nitrogens with one attached hydrogen (secondary N) is 1. The summed E-state index contributed by atoms with van der Waals surface area (Å²) in [4.78, 5) is 15.0. The maximum atomic E-state index is 11.1. The van der Waals surface area contributed by atoms with Gasteiger partial charge in [0.2, 0.25) is 0 Å². The van der Waals surface area contributed by atoms with Gasteiger partial charge in [-0.25, -0.2) is 0 Å². The first-order valence-corrected chi connectivity index (χ1v) is 5.80. The number of ether oxygens (including phenoxy) is 1. The van der Waals surface area contributed by atoms with E-state index < -0.39 is 0 Å². The average Bonchev–Trinajstić information content (AvgIpc) is 2.49. The first kappa shape index (κ1) is 12.8. The second-order valence-corrected chi connectivity index (χ2v) is 3.83. The van der Waals surface area contributed by atoms with Crippen molar-refractivity contribution in [3.8, 4) is 5.75 Å². The summed E-state index contributed by atoms with van der Waals surface area (Å²) in [6.07, 6.45) is 5.77. The number of allylic oxidation sites excluding steroid dienone is 1. The van der Waals surface area contributed by atoms with Gasteiger partial charge in [-0.1, -0.05) is 6.07 Å². The molecule has 0 atom stereocenters. The van der Waals surface area contributed by atoms with Gasteiger partial charge < -0.3 is 10.1 Å². The third-order valence-electron chi connectivity index (χ3n) is 2.60. The Bertz CT molecular complexity index is 580. The Labute approximate surface area is 111 Å². The number of anilines is 1. The molecule has 0 saturated carbocycles. The van der Waals surface area contributed by atoms with Crippen molar-refractivity contribution in [2.24, 2.45) is 0 Å². The van der Waals surface area contributed by atoms with Crippen LogP contribution in [0.2, 0.25) is 0 Å². The molecule has 0 aliphatic heterocycles. The van der Waals surface area contributed by atoms with Crippen molar-refractivity contribution in [1.82, 2.24) is 4.98 Å². The molecule has 1 aromatic carbocycles. The number of aromatic nitrogens is 1. The predicted octanol–water partition coefficient (Wildman–Crippen LogP) is 2.74. The molecule has 0 radical (unpaired) electrons. The monoisotopic (exact) mass is 254 g/mol. The Kier molecular flexibility index (Phi) is 4.29. The molecule has 0 spiro atoms. The highest BCUT2D eigenvalue weighted by molar-refractivity contribution is 6.07. The molecule has 1 heterocycles. The highest BCUT2D eigenvalue weighted by Gasteiger charge is 1.99. The summed E-state index contributed by atoms with van der Waals surface area (Å²) in [6, 6.07) is 11.1. The summed E-state index contributed by atoms with van der Waals surface area (Å²) in [5.41, 5.74) is 2.23. The zero-order valence-electron chi connectivity index (χ0n) is 10.5. The summed E-state index contributed by atoms with van der Waals surface area (Å²) >= 11 is 0. The number of aldehydes is 1. The molecular formula is C15H14N2O2. The largest absolute Gasteiger partial charge is 0.497 e. The molecular weight excluding hydrogens is 240 g/mol. The minimum atomic E-state index is 0.560. The van der Waals surface area contributed by atoms with Gasteiger partial charge in [0, 0.05) is 35.9 Å². The van der Waals surface area contributed by atoms with Gasteiger partial charge in [-0.15, -0.1) is 0 Å². The Morgan fingerprint density at radius 1 is 1.26 bits per heavy atom. The quantitative estimate of drug-likeness (QED) is 0.658. The maximum Gasteiger partial charge on any atom is 0.152 e. The van der Waals surface area contributed by atoms with Crippen LogP contribution >= 0.6 is 0 Å². The third kappa shape index (κ3) is 3.42. The van der Waals surface area contributed by atoms with Crippen LogP contribution in [0.25, 0.3) is 5.57 Å². The van der Waals surface area contributed by atoms with Gasteiger partial charge in [0.05, 0.1) is 7.11 Å². The number of hydrogen-bond donors (Lipinski definition) is 1. The van der Waals surface area contributed by atoms with Gasteiger partial charge in [0.1, 0.15) is 5.75 Å².